The predicted molar refractivity (Wildman–Crippen MR) is 68.2 cm³/mol. The smallest absolute Gasteiger partial charge is 0.271 e. The average Bonchev–Trinajstić information content (AvgIpc) is 2.83. The van der Waals surface area contributed by atoms with Gasteiger partial charge < -0.3 is 15.4 Å². The van der Waals surface area contributed by atoms with Gasteiger partial charge in [-0.3, -0.25) is 9.89 Å². The van der Waals surface area contributed by atoms with Gasteiger partial charge in [0, 0.05) is 26.3 Å². The molecule has 0 spiro atoms. The third kappa shape index (κ3) is 3.22. The molecule has 1 aromatic rings. The first-order valence-corrected chi connectivity index (χ1v) is 6.35. The van der Waals surface area contributed by atoms with Crippen LogP contribution in [0.1, 0.15) is 36.2 Å². The van der Waals surface area contributed by atoms with Crippen LogP contribution in [0.3, 0.4) is 0 Å². The number of nitrogen functional groups attached to an aromatic ring is 1. The molecule has 0 bridgehead atoms. The number of hydrogen-bond donors (Lipinski definition) is 2. The molecule has 1 unspecified atom stereocenters. The summed E-state index contributed by atoms with van der Waals surface area (Å²) in [5, 5.41) is 6.38. The number of nitrogens with one attached hydrogen (secondary N) is 1. The largest absolute Gasteiger partial charge is 0.382 e. The fraction of sp³-hybridized carbons (Fsp3) is 0.667. The van der Waals surface area contributed by atoms with Gasteiger partial charge in [0.1, 0.15) is 11.5 Å². The highest BCUT2D eigenvalue weighted by atomic mass is 16.5. The second-order valence-corrected chi connectivity index (χ2v) is 4.71. The first kappa shape index (κ1) is 12.9. The van der Waals surface area contributed by atoms with Crippen molar-refractivity contribution in [1.82, 2.24) is 15.1 Å². The van der Waals surface area contributed by atoms with E-state index in [1.54, 1.807) is 18.0 Å². The Morgan fingerprint density at radius 2 is 2.50 bits per heavy atom. The van der Waals surface area contributed by atoms with Gasteiger partial charge in [0.15, 0.2) is 0 Å². The lowest BCUT2D eigenvalue weighted by Crippen LogP contribution is -2.31. The number of carbonyl (C=O) groups is 1. The van der Waals surface area contributed by atoms with Crippen molar-refractivity contribution in [1.29, 1.82) is 0 Å². The maximum absolute atomic E-state index is 12.0. The SMILES string of the molecule is CN(CCC1CCCCO1)C(=O)c1cc(N)n[nH]1. The third-order valence-corrected chi connectivity index (χ3v) is 3.24. The van der Waals surface area contributed by atoms with E-state index >= 15 is 0 Å². The van der Waals surface area contributed by atoms with Crippen LogP contribution < -0.4 is 5.73 Å². The van der Waals surface area contributed by atoms with Gasteiger partial charge in [-0.15, -0.1) is 0 Å². The van der Waals surface area contributed by atoms with E-state index in [9.17, 15) is 4.79 Å². The van der Waals surface area contributed by atoms with Gasteiger partial charge in [-0.2, -0.15) is 5.10 Å². The molecule has 2 heterocycles. The molecule has 1 aliphatic heterocycles. The second-order valence-electron chi connectivity index (χ2n) is 4.71. The predicted octanol–water partition coefficient (Wildman–Crippen LogP) is 1.02. The summed E-state index contributed by atoms with van der Waals surface area (Å²) >= 11 is 0. The quantitative estimate of drug-likeness (QED) is 0.838. The molecular formula is C12H20N4O2. The molecular weight excluding hydrogens is 232 g/mol. The number of ether oxygens (including phenoxy) is 1. The van der Waals surface area contributed by atoms with Crippen molar-refractivity contribution in [2.45, 2.75) is 31.8 Å². The summed E-state index contributed by atoms with van der Waals surface area (Å²) in [5.41, 5.74) is 5.90. The number of nitrogens with zero attached hydrogens (tertiary/aromatic N) is 2. The van der Waals surface area contributed by atoms with Crippen molar-refractivity contribution in [3.63, 3.8) is 0 Å². The molecule has 1 amide bonds. The van der Waals surface area contributed by atoms with Crippen molar-refractivity contribution in [3.05, 3.63) is 11.8 Å². The topological polar surface area (TPSA) is 84.2 Å². The van der Waals surface area contributed by atoms with Gasteiger partial charge in [-0.25, -0.2) is 0 Å². The van der Waals surface area contributed by atoms with Crippen LogP contribution in [0.5, 0.6) is 0 Å². The maximum atomic E-state index is 12.0. The number of hydrogen-bond acceptors (Lipinski definition) is 4. The number of nitrogens with two attached hydrogens (primary N) is 1. The third-order valence-electron chi connectivity index (χ3n) is 3.24. The lowest BCUT2D eigenvalue weighted by Gasteiger charge is -2.25. The number of aromatic amines is 1. The maximum Gasteiger partial charge on any atom is 0.271 e. The fourth-order valence-corrected chi connectivity index (χ4v) is 2.13. The monoisotopic (exact) mass is 252 g/mol. The molecule has 18 heavy (non-hydrogen) atoms. The number of anilines is 1. The molecule has 100 valence electrons. The minimum atomic E-state index is -0.0880. The van der Waals surface area contributed by atoms with Crippen LogP contribution in [0.2, 0.25) is 0 Å². The molecule has 0 aromatic carbocycles. The zero-order valence-corrected chi connectivity index (χ0v) is 10.7. The Kier molecular flexibility index (Phi) is 4.19. The summed E-state index contributed by atoms with van der Waals surface area (Å²) < 4.78 is 5.64. The molecule has 1 aromatic heterocycles. The number of carbonyl (C=O) groups excluding carboxylic acids is 1. The summed E-state index contributed by atoms with van der Waals surface area (Å²) in [5.74, 6) is 0.248. The Morgan fingerprint density at radius 1 is 1.67 bits per heavy atom. The number of aromatic nitrogens is 2. The standard InChI is InChI=1S/C12H20N4O2/c1-16(6-5-9-4-2-3-7-18-9)12(17)10-8-11(13)15-14-10/h8-9H,2-7H2,1H3,(H3,13,14,15). The molecule has 6 heteroatoms. The second kappa shape index (κ2) is 5.86. The molecule has 0 radical (unpaired) electrons. The van der Waals surface area contributed by atoms with Gasteiger partial charge in [-0.1, -0.05) is 0 Å². The van der Waals surface area contributed by atoms with Gasteiger partial charge in [0.05, 0.1) is 6.10 Å². The van der Waals surface area contributed by atoms with E-state index in [1.807, 2.05) is 0 Å². The summed E-state index contributed by atoms with van der Waals surface area (Å²) in [7, 11) is 1.78. The molecule has 1 aliphatic rings. The zero-order chi connectivity index (χ0) is 13.0. The Balaban J connectivity index is 1.80. The van der Waals surface area contributed by atoms with E-state index in [0.29, 0.717) is 24.2 Å². The van der Waals surface area contributed by atoms with Gasteiger partial charge in [0.2, 0.25) is 0 Å². The van der Waals surface area contributed by atoms with E-state index in [2.05, 4.69) is 10.2 Å². The minimum absolute atomic E-state index is 0.0880. The summed E-state index contributed by atoms with van der Waals surface area (Å²) in [4.78, 5) is 13.7. The van der Waals surface area contributed by atoms with E-state index in [-0.39, 0.29) is 5.91 Å². The summed E-state index contributed by atoms with van der Waals surface area (Å²) in [6, 6.07) is 1.55. The van der Waals surface area contributed by atoms with Gasteiger partial charge in [-0.05, 0) is 25.7 Å². The number of amides is 1. The molecule has 0 saturated carbocycles. The van der Waals surface area contributed by atoms with Crippen LogP contribution >= 0.6 is 0 Å². The van der Waals surface area contributed by atoms with Crippen molar-refractivity contribution in [2.75, 3.05) is 25.9 Å². The van der Waals surface area contributed by atoms with Crippen molar-refractivity contribution >= 4 is 11.7 Å². The Bertz CT molecular complexity index is 399. The normalized spacial score (nSPS) is 19.7. The van der Waals surface area contributed by atoms with E-state index in [1.165, 1.54) is 6.42 Å². The molecule has 3 N–H and O–H groups in total. The van der Waals surface area contributed by atoms with Crippen LogP contribution in [0.15, 0.2) is 6.07 Å². The first-order valence-electron chi connectivity index (χ1n) is 6.35. The van der Waals surface area contributed by atoms with Gasteiger partial charge in [0.25, 0.3) is 5.91 Å². The summed E-state index contributed by atoms with van der Waals surface area (Å²) in [6.45, 7) is 1.53. The first-order chi connectivity index (χ1) is 8.66. The van der Waals surface area contributed by atoms with Crippen LogP contribution in [0, 0.1) is 0 Å². The molecule has 2 rings (SSSR count). The zero-order valence-electron chi connectivity index (χ0n) is 10.7. The van der Waals surface area contributed by atoms with Crippen molar-refractivity contribution < 1.29 is 9.53 Å². The fourth-order valence-electron chi connectivity index (χ4n) is 2.13. The highest BCUT2D eigenvalue weighted by Gasteiger charge is 2.18. The molecule has 1 fully saturated rings. The minimum Gasteiger partial charge on any atom is -0.382 e. The van der Waals surface area contributed by atoms with Crippen LogP contribution in [0.4, 0.5) is 5.82 Å². The van der Waals surface area contributed by atoms with E-state index in [0.717, 1.165) is 25.9 Å². The van der Waals surface area contributed by atoms with Crippen LogP contribution in [0.25, 0.3) is 0 Å². The van der Waals surface area contributed by atoms with Crippen LogP contribution in [-0.2, 0) is 4.74 Å². The highest BCUT2D eigenvalue weighted by molar-refractivity contribution is 5.92. The van der Waals surface area contributed by atoms with E-state index < -0.39 is 0 Å². The summed E-state index contributed by atoms with van der Waals surface area (Å²) in [6.07, 6.45) is 4.64. The Labute approximate surface area is 106 Å². The number of H-pyrrole nitrogens is 1. The van der Waals surface area contributed by atoms with Crippen molar-refractivity contribution in [2.24, 2.45) is 0 Å². The van der Waals surface area contributed by atoms with Crippen molar-refractivity contribution in [3.8, 4) is 0 Å². The van der Waals surface area contributed by atoms with Gasteiger partial charge >= 0.3 is 0 Å². The lowest BCUT2D eigenvalue weighted by molar-refractivity contribution is 0.00705. The molecule has 1 saturated heterocycles. The lowest BCUT2D eigenvalue weighted by atomic mass is 10.1. The molecule has 6 nitrogen and oxygen atoms in total. The molecule has 0 aliphatic carbocycles. The highest BCUT2D eigenvalue weighted by Crippen LogP contribution is 2.16. The Hall–Kier alpha value is -1.56. The number of rotatable bonds is 4. The Morgan fingerprint density at radius 3 is 3.11 bits per heavy atom. The average molecular weight is 252 g/mol. The molecule has 1 atom stereocenters. The van der Waals surface area contributed by atoms with Crippen LogP contribution in [-0.4, -0.2) is 47.3 Å². The van der Waals surface area contributed by atoms with E-state index in [4.69, 9.17) is 10.5 Å².